The van der Waals surface area contributed by atoms with Crippen LogP contribution in [-0.2, 0) is 16.4 Å². The number of nitrogens with zero attached hydrogens (tertiary/aromatic N) is 1. The predicted octanol–water partition coefficient (Wildman–Crippen LogP) is 3.63. The van der Waals surface area contributed by atoms with Gasteiger partial charge in [0.2, 0.25) is 10.0 Å². The molecule has 2 aromatic carbocycles. The van der Waals surface area contributed by atoms with Crippen LogP contribution in [0.4, 0.5) is 4.39 Å². The number of thioether (sulfide) groups is 1. The fraction of sp³-hybridized carbons (Fsp3) is 0.368. The highest BCUT2D eigenvalue weighted by molar-refractivity contribution is 7.99. The summed E-state index contributed by atoms with van der Waals surface area (Å²) in [5.41, 5.74) is 1.60. The van der Waals surface area contributed by atoms with Crippen molar-refractivity contribution < 1.29 is 17.5 Å². The van der Waals surface area contributed by atoms with E-state index in [1.54, 1.807) is 42.1 Å². The molecule has 1 saturated heterocycles. The van der Waals surface area contributed by atoms with E-state index in [4.69, 9.17) is 4.74 Å². The lowest BCUT2D eigenvalue weighted by Gasteiger charge is -2.20. The zero-order chi connectivity index (χ0) is 18.1. The maximum absolute atomic E-state index is 14.1. The Morgan fingerprint density at radius 2 is 2.00 bits per heavy atom. The third kappa shape index (κ3) is 3.35. The summed E-state index contributed by atoms with van der Waals surface area (Å²) in [6.45, 7) is 1.43. The van der Waals surface area contributed by atoms with Crippen LogP contribution in [0.15, 0.2) is 47.4 Å². The molecule has 2 aromatic rings. The van der Waals surface area contributed by atoms with Gasteiger partial charge in [0.15, 0.2) is 0 Å². The summed E-state index contributed by atoms with van der Waals surface area (Å²) in [6, 6.07) is 11.8. The number of rotatable bonds is 3. The minimum atomic E-state index is -3.55. The molecule has 0 N–H and O–H groups in total. The van der Waals surface area contributed by atoms with E-state index in [0.717, 1.165) is 17.7 Å². The summed E-state index contributed by atoms with van der Waals surface area (Å²) in [5.74, 6) is 1.20. The molecule has 1 atom stereocenters. The molecular formula is C19H20FNO3S2. The second-order valence-corrected chi connectivity index (χ2v) is 9.69. The Hall–Kier alpha value is -1.57. The smallest absolute Gasteiger partial charge is 0.243 e. The topological polar surface area (TPSA) is 46.6 Å². The van der Waals surface area contributed by atoms with Crippen LogP contribution >= 0.6 is 11.8 Å². The minimum Gasteiger partial charge on any atom is -0.493 e. The monoisotopic (exact) mass is 393 g/mol. The van der Waals surface area contributed by atoms with Crippen molar-refractivity contribution in [3.8, 4) is 5.75 Å². The normalized spacial score (nSPS) is 21.0. The summed E-state index contributed by atoms with van der Waals surface area (Å²) < 4.78 is 47.2. The molecule has 4 rings (SSSR count). The zero-order valence-corrected chi connectivity index (χ0v) is 15.9. The second-order valence-electron chi connectivity index (χ2n) is 6.44. The molecule has 0 amide bonds. The third-order valence-electron chi connectivity index (χ3n) is 4.85. The summed E-state index contributed by atoms with van der Waals surface area (Å²) in [6.07, 6.45) is 1.34. The summed E-state index contributed by atoms with van der Waals surface area (Å²) >= 11 is 1.62. The molecule has 4 nitrogen and oxygen atoms in total. The molecule has 2 aliphatic heterocycles. The molecular weight excluding hydrogens is 373 g/mol. The van der Waals surface area contributed by atoms with Gasteiger partial charge >= 0.3 is 0 Å². The standard InChI is InChI=1S/C19H20FNO3S2/c20-17-4-2-1-3-16(17)19-7-9-21(10-12-25-19)26(22,23)15-5-6-18-14(13-15)8-11-24-18/h1-6,13,19H,7-12H2/t19-/m0/s1. The van der Waals surface area contributed by atoms with Crippen LogP contribution in [0.3, 0.4) is 0 Å². The van der Waals surface area contributed by atoms with Gasteiger partial charge < -0.3 is 4.74 Å². The van der Waals surface area contributed by atoms with E-state index in [9.17, 15) is 12.8 Å². The molecule has 7 heteroatoms. The number of ether oxygens (including phenoxy) is 1. The predicted molar refractivity (Wildman–Crippen MR) is 101 cm³/mol. The summed E-state index contributed by atoms with van der Waals surface area (Å²) in [7, 11) is -3.55. The maximum atomic E-state index is 14.1. The van der Waals surface area contributed by atoms with Gasteiger partial charge in [-0.1, -0.05) is 18.2 Å². The van der Waals surface area contributed by atoms with Gasteiger partial charge in [0.05, 0.1) is 11.5 Å². The Balaban J connectivity index is 1.54. The fourth-order valence-electron chi connectivity index (χ4n) is 3.45. The SMILES string of the molecule is O=S(=O)(c1ccc2c(c1)CCO2)N1CCS[C@H](c2ccccc2F)CC1. The Morgan fingerprint density at radius 1 is 1.15 bits per heavy atom. The third-order valence-corrected chi connectivity index (χ3v) is 8.06. The van der Waals surface area contributed by atoms with Crippen molar-refractivity contribution in [1.29, 1.82) is 0 Å². The van der Waals surface area contributed by atoms with E-state index in [1.807, 2.05) is 6.07 Å². The van der Waals surface area contributed by atoms with E-state index >= 15 is 0 Å². The van der Waals surface area contributed by atoms with Crippen LogP contribution < -0.4 is 4.74 Å². The highest BCUT2D eigenvalue weighted by Gasteiger charge is 2.30. The number of sulfonamides is 1. The molecule has 0 bridgehead atoms. The van der Waals surface area contributed by atoms with E-state index in [-0.39, 0.29) is 11.1 Å². The van der Waals surface area contributed by atoms with Crippen molar-refractivity contribution in [2.75, 3.05) is 25.4 Å². The number of hydrogen-bond acceptors (Lipinski definition) is 4. The van der Waals surface area contributed by atoms with Crippen molar-refractivity contribution in [2.45, 2.75) is 23.0 Å². The van der Waals surface area contributed by atoms with Gasteiger partial charge in [-0.2, -0.15) is 16.1 Å². The second kappa shape index (κ2) is 7.21. The van der Waals surface area contributed by atoms with Crippen molar-refractivity contribution in [3.63, 3.8) is 0 Å². The Bertz CT molecular complexity index is 917. The number of hydrogen-bond donors (Lipinski definition) is 0. The fourth-order valence-corrected chi connectivity index (χ4v) is 6.32. The number of halogens is 1. The molecule has 0 aromatic heterocycles. The molecule has 1 fully saturated rings. The van der Waals surface area contributed by atoms with Crippen molar-refractivity contribution in [2.24, 2.45) is 0 Å². The number of benzene rings is 2. The molecule has 138 valence electrons. The first-order valence-electron chi connectivity index (χ1n) is 8.67. The van der Waals surface area contributed by atoms with Gasteiger partial charge in [0.1, 0.15) is 11.6 Å². The van der Waals surface area contributed by atoms with Gasteiger partial charge in [-0.05, 0) is 36.2 Å². The lowest BCUT2D eigenvalue weighted by molar-refractivity contribution is 0.356. The maximum Gasteiger partial charge on any atom is 0.243 e. The van der Waals surface area contributed by atoms with Crippen LogP contribution in [0.2, 0.25) is 0 Å². The largest absolute Gasteiger partial charge is 0.493 e. The lowest BCUT2D eigenvalue weighted by atomic mass is 10.1. The molecule has 0 aliphatic carbocycles. The first-order chi connectivity index (χ1) is 12.6. The van der Waals surface area contributed by atoms with Crippen LogP contribution in [-0.4, -0.2) is 38.2 Å². The molecule has 2 aliphatic rings. The van der Waals surface area contributed by atoms with Gasteiger partial charge in [-0.25, -0.2) is 12.8 Å². The van der Waals surface area contributed by atoms with E-state index in [1.165, 1.54) is 10.4 Å². The quantitative estimate of drug-likeness (QED) is 0.799. The molecule has 2 heterocycles. The zero-order valence-electron chi connectivity index (χ0n) is 14.2. The van der Waals surface area contributed by atoms with Crippen LogP contribution in [0, 0.1) is 5.82 Å². The number of fused-ring (bicyclic) bond motifs is 1. The molecule has 0 unspecified atom stereocenters. The average Bonchev–Trinajstić information content (AvgIpc) is 2.97. The summed E-state index contributed by atoms with van der Waals surface area (Å²) in [4.78, 5) is 0.316. The van der Waals surface area contributed by atoms with Gasteiger partial charge in [-0.3, -0.25) is 0 Å². The van der Waals surface area contributed by atoms with Gasteiger partial charge in [-0.15, -0.1) is 0 Å². The van der Waals surface area contributed by atoms with Crippen molar-refractivity contribution in [1.82, 2.24) is 4.31 Å². The first-order valence-corrected chi connectivity index (χ1v) is 11.2. The lowest BCUT2D eigenvalue weighted by Crippen LogP contribution is -2.33. The van der Waals surface area contributed by atoms with E-state index in [0.29, 0.717) is 42.3 Å². The van der Waals surface area contributed by atoms with Gasteiger partial charge in [0, 0.05) is 36.1 Å². The highest BCUT2D eigenvalue weighted by Crippen LogP contribution is 2.37. The molecule has 26 heavy (non-hydrogen) atoms. The Morgan fingerprint density at radius 3 is 2.85 bits per heavy atom. The van der Waals surface area contributed by atoms with E-state index in [2.05, 4.69) is 0 Å². The Kier molecular flexibility index (Phi) is 4.94. The van der Waals surface area contributed by atoms with E-state index < -0.39 is 10.0 Å². The molecule has 0 spiro atoms. The first kappa shape index (κ1) is 17.8. The highest BCUT2D eigenvalue weighted by atomic mass is 32.2. The van der Waals surface area contributed by atoms with Crippen LogP contribution in [0.1, 0.15) is 22.8 Å². The minimum absolute atomic E-state index is 0.0233. The molecule has 0 radical (unpaired) electrons. The average molecular weight is 394 g/mol. The van der Waals surface area contributed by atoms with Crippen molar-refractivity contribution in [3.05, 3.63) is 59.4 Å². The molecule has 0 saturated carbocycles. The van der Waals surface area contributed by atoms with Crippen molar-refractivity contribution >= 4 is 21.8 Å². The van der Waals surface area contributed by atoms with Crippen LogP contribution in [0.25, 0.3) is 0 Å². The summed E-state index contributed by atoms with van der Waals surface area (Å²) in [5, 5.41) is -0.0233. The Labute approximate surface area is 157 Å². The van der Waals surface area contributed by atoms with Gasteiger partial charge in [0.25, 0.3) is 0 Å². The van der Waals surface area contributed by atoms with Crippen LogP contribution in [0.5, 0.6) is 5.75 Å².